The van der Waals surface area contributed by atoms with Crippen LogP contribution in [-0.2, 0) is 14.9 Å². The van der Waals surface area contributed by atoms with E-state index in [9.17, 15) is 4.79 Å². The van der Waals surface area contributed by atoms with E-state index in [1.807, 2.05) is 19.1 Å². The lowest BCUT2D eigenvalue weighted by Gasteiger charge is -2.30. The molecule has 3 rings (SSSR count). The van der Waals surface area contributed by atoms with Crippen molar-refractivity contribution >= 4 is 5.97 Å². The SMILES string of the molecule is CCCC1(CC(=O)OCC)c2cccnc2-c2ncccc21. The van der Waals surface area contributed by atoms with Crippen molar-refractivity contribution in [3.63, 3.8) is 0 Å². The van der Waals surface area contributed by atoms with Gasteiger partial charge in [0.05, 0.1) is 24.4 Å². The van der Waals surface area contributed by atoms with E-state index in [-0.39, 0.29) is 11.4 Å². The van der Waals surface area contributed by atoms with Crippen molar-refractivity contribution in [2.45, 2.75) is 38.5 Å². The molecule has 114 valence electrons. The summed E-state index contributed by atoms with van der Waals surface area (Å²) in [5.74, 6) is -0.164. The summed E-state index contributed by atoms with van der Waals surface area (Å²) in [4.78, 5) is 21.3. The first kappa shape index (κ1) is 14.7. The molecular formula is C18H20N2O2. The molecule has 4 heteroatoms. The number of rotatable bonds is 5. The molecule has 2 heterocycles. The zero-order valence-electron chi connectivity index (χ0n) is 13.0. The molecule has 1 aliphatic carbocycles. The fraction of sp³-hybridized carbons (Fsp3) is 0.389. The fourth-order valence-electron chi connectivity index (χ4n) is 3.54. The summed E-state index contributed by atoms with van der Waals surface area (Å²) in [5.41, 5.74) is 3.62. The van der Waals surface area contributed by atoms with Crippen molar-refractivity contribution < 1.29 is 9.53 Å². The van der Waals surface area contributed by atoms with E-state index < -0.39 is 0 Å². The number of carbonyl (C=O) groups excluding carboxylic acids is 1. The van der Waals surface area contributed by atoms with Crippen molar-refractivity contribution in [2.75, 3.05) is 6.61 Å². The average molecular weight is 296 g/mol. The molecule has 0 spiro atoms. The molecule has 0 aliphatic heterocycles. The predicted octanol–water partition coefficient (Wildman–Crippen LogP) is 3.50. The van der Waals surface area contributed by atoms with Crippen molar-refractivity contribution in [1.29, 1.82) is 0 Å². The number of ether oxygens (including phenoxy) is 1. The maximum atomic E-state index is 12.2. The Morgan fingerprint density at radius 3 is 2.18 bits per heavy atom. The van der Waals surface area contributed by atoms with Crippen LogP contribution in [0.5, 0.6) is 0 Å². The summed E-state index contributed by atoms with van der Waals surface area (Å²) in [6.07, 6.45) is 5.75. The Bertz CT molecular complexity index is 651. The second-order valence-corrected chi connectivity index (χ2v) is 5.61. The smallest absolute Gasteiger partial charge is 0.307 e. The van der Waals surface area contributed by atoms with Gasteiger partial charge in [0, 0.05) is 17.8 Å². The Labute approximate surface area is 130 Å². The molecule has 0 atom stereocenters. The van der Waals surface area contributed by atoms with Crippen LogP contribution in [0.1, 0.15) is 44.2 Å². The first-order valence-corrected chi connectivity index (χ1v) is 7.80. The monoisotopic (exact) mass is 296 g/mol. The first-order chi connectivity index (χ1) is 10.7. The Morgan fingerprint density at radius 1 is 1.09 bits per heavy atom. The lowest BCUT2D eigenvalue weighted by atomic mass is 9.72. The van der Waals surface area contributed by atoms with Gasteiger partial charge in [-0.05, 0) is 36.6 Å². The van der Waals surface area contributed by atoms with Crippen LogP contribution in [0.15, 0.2) is 36.7 Å². The summed E-state index contributed by atoms with van der Waals surface area (Å²) in [5, 5.41) is 0. The van der Waals surface area contributed by atoms with E-state index in [1.165, 1.54) is 0 Å². The number of hydrogen-bond donors (Lipinski definition) is 0. The van der Waals surface area contributed by atoms with Crippen molar-refractivity contribution in [3.8, 4) is 11.4 Å². The number of carbonyl (C=O) groups is 1. The van der Waals surface area contributed by atoms with Crippen LogP contribution in [0.2, 0.25) is 0 Å². The first-order valence-electron chi connectivity index (χ1n) is 7.80. The summed E-state index contributed by atoms with van der Waals surface area (Å²) in [7, 11) is 0. The zero-order valence-corrected chi connectivity index (χ0v) is 13.0. The molecule has 0 aromatic carbocycles. The van der Waals surface area contributed by atoms with E-state index in [0.29, 0.717) is 13.0 Å². The molecule has 2 aromatic heterocycles. The van der Waals surface area contributed by atoms with Gasteiger partial charge in [0.2, 0.25) is 0 Å². The van der Waals surface area contributed by atoms with Gasteiger partial charge in [0.25, 0.3) is 0 Å². The molecule has 2 aromatic rings. The lowest BCUT2D eigenvalue weighted by Crippen LogP contribution is -2.29. The molecule has 0 N–H and O–H groups in total. The van der Waals surface area contributed by atoms with Crippen molar-refractivity contribution in [1.82, 2.24) is 9.97 Å². The third kappa shape index (κ3) is 2.19. The van der Waals surface area contributed by atoms with Crippen LogP contribution in [0.25, 0.3) is 11.4 Å². The molecule has 0 saturated heterocycles. The molecule has 0 radical (unpaired) electrons. The zero-order chi connectivity index (χ0) is 15.6. The average Bonchev–Trinajstić information content (AvgIpc) is 2.80. The topological polar surface area (TPSA) is 52.1 Å². The molecular weight excluding hydrogens is 276 g/mol. The third-order valence-corrected chi connectivity index (χ3v) is 4.30. The molecule has 0 bridgehead atoms. The van der Waals surface area contributed by atoms with Gasteiger partial charge in [-0.2, -0.15) is 0 Å². The standard InChI is InChI=1S/C18H20N2O2/c1-3-9-18(12-15(21)22-4-2)13-7-5-10-19-16(13)17-14(18)8-6-11-20-17/h5-8,10-11H,3-4,9,12H2,1-2H3. The Morgan fingerprint density at radius 2 is 1.68 bits per heavy atom. The van der Waals surface area contributed by atoms with Gasteiger partial charge in [0.1, 0.15) is 0 Å². The van der Waals surface area contributed by atoms with Gasteiger partial charge in [0.15, 0.2) is 0 Å². The third-order valence-electron chi connectivity index (χ3n) is 4.30. The molecule has 0 unspecified atom stereocenters. The number of pyridine rings is 2. The minimum atomic E-state index is -0.367. The van der Waals surface area contributed by atoms with E-state index in [2.05, 4.69) is 29.0 Å². The van der Waals surface area contributed by atoms with Gasteiger partial charge in [-0.15, -0.1) is 0 Å². The molecule has 0 amide bonds. The fourth-order valence-corrected chi connectivity index (χ4v) is 3.54. The van der Waals surface area contributed by atoms with Gasteiger partial charge >= 0.3 is 5.97 Å². The molecule has 0 fully saturated rings. The van der Waals surface area contributed by atoms with Crippen LogP contribution >= 0.6 is 0 Å². The van der Waals surface area contributed by atoms with Crippen LogP contribution < -0.4 is 0 Å². The second-order valence-electron chi connectivity index (χ2n) is 5.61. The number of fused-ring (bicyclic) bond motifs is 3. The number of hydrogen-bond acceptors (Lipinski definition) is 4. The number of esters is 1. The van der Waals surface area contributed by atoms with Crippen LogP contribution in [0.4, 0.5) is 0 Å². The van der Waals surface area contributed by atoms with Gasteiger partial charge in [-0.25, -0.2) is 0 Å². The quantitative estimate of drug-likeness (QED) is 0.792. The summed E-state index contributed by atoms with van der Waals surface area (Å²) < 4.78 is 5.23. The lowest BCUT2D eigenvalue weighted by molar-refractivity contribution is -0.144. The van der Waals surface area contributed by atoms with Gasteiger partial charge < -0.3 is 4.74 Å². The van der Waals surface area contributed by atoms with Crippen LogP contribution in [-0.4, -0.2) is 22.5 Å². The highest BCUT2D eigenvalue weighted by Gasteiger charge is 2.45. The highest BCUT2D eigenvalue weighted by molar-refractivity contribution is 5.81. The summed E-state index contributed by atoms with van der Waals surface area (Å²) in [6, 6.07) is 8.00. The molecule has 0 saturated carbocycles. The maximum Gasteiger partial charge on any atom is 0.307 e. The highest BCUT2D eigenvalue weighted by Crippen LogP contribution is 2.51. The van der Waals surface area contributed by atoms with Gasteiger partial charge in [-0.1, -0.05) is 25.5 Å². The van der Waals surface area contributed by atoms with Crippen LogP contribution in [0, 0.1) is 0 Å². The molecule has 4 nitrogen and oxygen atoms in total. The van der Waals surface area contributed by atoms with Gasteiger partial charge in [-0.3, -0.25) is 14.8 Å². The minimum Gasteiger partial charge on any atom is -0.466 e. The minimum absolute atomic E-state index is 0.164. The van der Waals surface area contributed by atoms with Crippen molar-refractivity contribution in [3.05, 3.63) is 47.8 Å². The van der Waals surface area contributed by atoms with E-state index >= 15 is 0 Å². The normalized spacial score (nSPS) is 14.3. The highest BCUT2D eigenvalue weighted by atomic mass is 16.5. The summed E-state index contributed by atoms with van der Waals surface area (Å²) in [6.45, 7) is 4.38. The largest absolute Gasteiger partial charge is 0.466 e. The van der Waals surface area contributed by atoms with E-state index in [4.69, 9.17) is 4.74 Å². The Balaban J connectivity index is 2.17. The molecule has 22 heavy (non-hydrogen) atoms. The predicted molar refractivity (Wildman–Crippen MR) is 84.4 cm³/mol. The Kier molecular flexibility index (Phi) is 3.92. The van der Waals surface area contributed by atoms with Crippen LogP contribution in [0.3, 0.4) is 0 Å². The van der Waals surface area contributed by atoms with Crippen molar-refractivity contribution in [2.24, 2.45) is 0 Å². The molecule has 1 aliphatic rings. The van der Waals surface area contributed by atoms with E-state index in [1.54, 1.807) is 12.4 Å². The second kappa shape index (κ2) is 5.87. The van der Waals surface area contributed by atoms with E-state index in [0.717, 1.165) is 35.4 Å². The Hall–Kier alpha value is -2.23. The number of aromatic nitrogens is 2. The number of nitrogens with zero attached hydrogens (tertiary/aromatic N) is 2. The summed E-state index contributed by atoms with van der Waals surface area (Å²) >= 11 is 0. The maximum absolute atomic E-state index is 12.2.